The van der Waals surface area contributed by atoms with Gasteiger partial charge in [-0.2, -0.15) is 0 Å². The molecule has 0 amide bonds. The van der Waals surface area contributed by atoms with E-state index in [4.69, 9.17) is 10.2 Å². The topological polar surface area (TPSA) is 82.5 Å². The maximum atomic E-state index is 10.6. The fraction of sp³-hybridized carbons (Fsp3) is 0.636. The number of nitrogens with zero attached hydrogens (tertiary/aromatic N) is 1. The van der Waals surface area contributed by atoms with Gasteiger partial charge in [-0.3, -0.25) is 0 Å². The highest BCUT2D eigenvalue weighted by Gasteiger charge is 2.08. The molecule has 0 aromatic carbocycles. The number of carbonyl (C=O) groups is 1. The van der Waals surface area contributed by atoms with Crippen LogP contribution >= 0.6 is 11.3 Å². The first-order valence-electron chi connectivity index (χ1n) is 5.62. The Morgan fingerprint density at radius 1 is 1.65 bits per heavy atom. The van der Waals surface area contributed by atoms with Gasteiger partial charge in [0.25, 0.3) is 0 Å². The average molecular weight is 258 g/mol. The molecule has 1 heterocycles. The normalized spacial score (nSPS) is 12.6. The van der Waals surface area contributed by atoms with E-state index in [2.05, 4.69) is 10.3 Å². The third-order valence-electron chi connectivity index (χ3n) is 2.40. The third kappa shape index (κ3) is 5.25. The summed E-state index contributed by atoms with van der Waals surface area (Å²) in [6, 6.07) is 0. The number of hydrogen-bond donors (Lipinski definition) is 3. The van der Waals surface area contributed by atoms with Crippen molar-refractivity contribution in [2.24, 2.45) is 5.92 Å². The summed E-state index contributed by atoms with van der Waals surface area (Å²) in [6.45, 7) is 3.69. The number of carboxylic acids is 1. The van der Waals surface area contributed by atoms with Gasteiger partial charge in [-0.05, 0) is 25.3 Å². The van der Waals surface area contributed by atoms with Crippen LogP contribution in [-0.2, 0) is 6.54 Å². The van der Waals surface area contributed by atoms with Crippen molar-refractivity contribution < 1.29 is 15.0 Å². The molecule has 3 N–H and O–H groups in total. The highest BCUT2D eigenvalue weighted by Crippen LogP contribution is 2.09. The third-order valence-corrected chi connectivity index (χ3v) is 3.28. The minimum absolute atomic E-state index is 0.135. The van der Waals surface area contributed by atoms with Crippen molar-refractivity contribution in [2.75, 3.05) is 13.2 Å². The van der Waals surface area contributed by atoms with Crippen LogP contribution in [0.4, 0.5) is 0 Å². The molecule has 5 nitrogen and oxygen atoms in total. The number of thiazole rings is 1. The first kappa shape index (κ1) is 14.1. The zero-order valence-corrected chi connectivity index (χ0v) is 10.7. The highest BCUT2D eigenvalue weighted by molar-refractivity contribution is 7.11. The molecule has 0 saturated carbocycles. The van der Waals surface area contributed by atoms with Crippen molar-refractivity contribution in [3.63, 3.8) is 0 Å². The lowest BCUT2D eigenvalue weighted by Crippen LogP contribution is -2.16. The monoisotopic (exact) mass is 258 g/mol. The first-order valence-corrected chi connectivity index (χ1v) is 6.50. The second kappa shape index (κ2) is 7.37. The van der Waals surface area contributed by atoms with Crippen LogP contribution in [0.2, 0.25) is 0 Å². The van der Waals surface area contributed by atoms with Crippen molar-refractivity contribution in [2.45, 2.75) is 26.3 Å². The second-order valence-corrected chi connectivity index (χ2v) is 4.91. The molecular weight excluding hydrogens is 240 g/mol. The molecule has 1 aromatic heterocycles. The number of aliphatic hydroxyl groups is 1. The molecule has 0 radical (unpaired) electrons. The molecular formula is C11H18N2O3S. The van der Waals surface area contributed by atoms with Crippen molar-refractivity contribution in [1.29, 1.82) is 0 Å². The largest absolute Gasteiger partial charge is 0.476 e. The molecule has 1 unspecified atom stereocenters. The lowest BCUT2D eigenvalue weighted by molar-refractivity contribution is 0.0696. The minimum Gasteiger partial charge on any atom is -0.476 e. The maximum Gasteiger partial charge on any atom is 0.365 e. The molecule has 0 bridgehead atoms. The Bertz CT molecular complexity index is 354. The summed E-state index contributed by atoms with van der Waals surface area (Å²) in [6.07, 6.45) is 1.98. The van der Waals surface area contributed by atoms with Crippen LogP contribution in [0.15, 0.2) is 5.38 Å². The van der Waals surface area contributed by atoms with Crippen LogP contribution in [0.1, 0.15) is 35.3 Å². The van der Waals surface area contributed by atoms with Crippen LogP contribution < -0.4 is 5.32 Å². The quantitative estimate of drug-likeness (QED) is 0.613. The van der Waals surface area contributed by atoms with Gasteiger partial charge in [0.1, 0.15) is 0 Å². The van der Waals surface area contributed by atoms with Crippen LogP contribution in [0.25, 0.3) is 0 Å². The van der Waals surface area contributed by atoms with Gasteiger partial charge in [0.15, 0.2) is 0 Å². The Morgan fingerprint density at radius 3 is 3.00 bits per heavy atom. The molecule has 96 valence electrons. The van der Waals surface area contributed by atoms with Crippen molar-refractivity contribution >= 4 is 17.3 Å². The van der Waals surface area contributed by atoms with Crippen molar-refractivity contribution in [3.05, 3.63) is 16.1 Å². The Morgan fingerprint density at radius 2 is 2.41 bits per heavy atom. The average Bonchev–Trinajstić information content (AvgIpc) is 2.77. The van der Waals surface area contributed by atoms with Crippen LogP contribution in [0.5, 0.6) is 0 Å². The lowest BCUT2D eigenvalue weighted by Gasteiger charge is -2.07. The van der Waals surface area contributed by atoms with E-state index in [-0.39, 0.29) is 11.6 Å². The summed E-state index contributed by atoms with van der Waals surface area (Å²) in [5, 5.41) is 22.6. The number of rotatable bonds is 8. The van der Waals surface area contributed by atoms with E-state index < -0.39 is 5.97 Å². The van der Waals surface area contributed by atoms with Gasteiger partial charge >= 0.3 is 5.97 Å². The Kier molecular flexibility index (Phi) is 6.10. The lowest BCUT2D eigenvalue weighted by atomic mass is 10.1. The van der Waals surface area contributed by atoms with E-state index in [0.29, 0.717) is 12.5 Å². The van der Waals surface area contributed by atoms with E-state index in [0.717, 1.165) is 36.4 Å². The molecule has 0 spiro atoms. The molecule has 1 aromatic rings. The smallest absolute Gasteiger partial charge is 0.365 e. The van der Waals surface area contributed by atoms with Gasteiger partial charge in [0, 0.05) is 18.5 Å². The number of aromatic nitrogens is 1. The second-order valence-electron chi connectivity index (χ2n) is 4.06. The summed E-state index contributed by atoms with van der Waals surface area (Å²) in [5.74, 6) is -0.632. The van der Waals surface area contributed by atoms with Gasteiger partial charge in [0.2, 0.25) is 5.01 Å². The zero-order valence-electron chi connectivity index (χ0n) is 9.85. The molecule has 0 aliphatic heterocycles. The Balaban J connectivity index is 2.15. The van der Waals surface area contributed by atoms with Crippen LogP contribution in [0, 0.1) is 5.92 Å². The predicted molar refractivity (Wildman–Crippen MR) is 66.3 cm³/mol. The molecule has 1 rings (SSSR count). The Hall–Kier alpha value is -0.980. The summed E-state index contributed by atoms with van der Waals surface area (Å²) in [5.41, 5.74) is 0.766. The maximum absolute atomic E-state index is 10.6. The summed E-state index contributed by atoms with van der Waals surface area (Å²) >= 11 is 1.15. The van der Waals surface area contributed by atoms with Crippen molar-refractivity contribution in [1.82, 2.24) is 10.3 Å². The van der Waals surface area contributed by atoms with Gasteiger partial charge in [-0.15, -0.1) is 11.3 Å². The molecule has 6 heteroatoms. The number of carboxylic acid groups (broad SMARTS) is 1. The zero-order chi connectivity index (χ0) is 12.7. The summed E-state index contributed by atoms with van der Waals surface area (Å²) < 4.78 is 0. The van der Waals surface area contributed by atoms with E-state index in [1.54, 1.807) is 5.38 Å². The van der Waals surface area contributed by atoms with Crippen LogP contribution in [-0.4, -0.2) is 34.3 Å². The number of aromatic carboxylic acids is 1. The van der Waals surface area contributed by atoms with E-state index in [9.17, 15) is 4.79 Å². The molecule has 1 atom stereocenters. The number of aliphatic hydroxyl groups excluding tert-OH is 1. The number of nitrogens with one attached hydrogen (secondary N) is 1. The van der Waals surface area contributed by atoms with E-state index in [1.807, 2.05) is 6.92 Å². The molecule has 0 aliphatic rings. The van der Waals surface area contributed by atoms with Crippen molar-refractivity contribution in [3.8, 4) is 0 Å². The Labute approximate surface area is 105 Å². The molecule has 0 saturated heterocycles. The van der Waals surface area contributed by atoms with E-state index in [1.165, 1.54) is 0 Å². The highest BCUT2D eigenvalue weighted by atomic mass is 32.1. The summed E-state index contributed by atoms with van der Waals surface area (Å²) in [4.78, 5) is 14.6. The van der Waals surface area contributed by atoms with Gasteiger partial charge < -0.3 is 15.5 Å². The molecule has 17 heavy (non-hydrogen) atoms. The molecule has 0 fully saturated rings. The van der Waals surface area contributed by atoms with Gasteiger partial charge in [-0.25, -0.2) is 9.78 Å². The van der Waals surface area contributed by atoms with E-state index >= 15 is 0 Å². The first-order chi connectivity index (χ1) is 8.13. The number of hydrogen-bond acceptors (Lipinski definition) is 5. The fourth-order valence-electron chi connectivity index (χ4n) is 1.37. The minimum atomic E-state index is -0.974. The summed E-state index contributed by atoms with van der Waals surface area (Å²) in [7, 11) is 0. The van der Waals surface area contributed by atoms with Crippen LogP contribution in [0.3, 0.4) is 0 Å². The standard InChI is InChI=1S/C11H18N2O3S/c1-8(6-14)3-2-4-12-5-9-7-17-10(13-9)11(15)16/h7-8,12,14H,2-6H2,1H3,(H,15,16). The van der Waals surface area contributed by atoms with Gasteiger partial charge in [0.05, 0.1) is 5.69 Å². The van der Waals surface area contributed by atoms with Gasteiger partial charge in [-0.1, -0.05) is 6.92 Å². The SMILES string of the molecule is CC(CO)CCCNCc1csc(C(=O)O)n1. The molecule has 0 aliphatic carbocycles. The fourth-order valence-corrected chi connectivity index (χ4v) is 2.02. The predicted octanol–water partition coefficient (Wildman–Crippen LogP) is 1.34.